The highest BCUT2D eigenvalue weighted by atomic mass is 16.3. The zero-order valence-corrected chi connectivity index (χ0v) is 10.4. The Hall–Kier alpha value is -0.610. The molecule has 1 heterocycles. The number of carbonyl (C=O) groups excluding carboxylic acids is 1. The molecule has 0 bridgehead atoms. The van der Waals surface area contributed by atoms with Crippen LogP contribution in [-0.4, -0.2) is 48.2 Å². The smallest absolute Gasteiger partial charge is 0.224 e. The van der Waals surface area contributed by atoms with Gasteiger partial charge in [-0.25, -0.2) is 0 Å². The highest BCUT2D eigenvalue weighted by Gasteiger charge is 2.22. The fourth-order valence-corrected chi connectivity index (χ4v) is 2.18. The summed E-state index contributed by atoms with van der Waals surface area (Å²) in [7, 11) is 0. The molecule has 0 saturated carbocycles. The summed E-state index contributed by atoms with van der Waals surface area (Å²) in [5, 5.41) is 12.3. The van der Waals surface area contributed by atoms with Crippen molar-refractivity contribution in [2.24, 2.45) is 5.92 Å². The molecular weight excluding hydrogens is 204 g/mol. The Balaban J connectivity index is 2.27. The van der Waals surface area contributed by atoms with Gasteiger partial charge in [-0.05, 0) is 32.2 Å². The highest BCUT2D eigenvalue weighted by Crippen LogP contribution is 2.17. The van der Waals surface area contributed by atoms with Gasteiger partial charge in [0, 0.05) is 32.2 Å². The van der Waals surface area contributed by atoms with Crippen molar-refractivity contribution < 1.29 is 9.90 Å². The summed E-state index contributed by atoms with van der Waals surface area (Å²) in [4.78, 5) is 13.8. The van der Waals surface area contributed by atoms with Crippen molar-refractivity contribution in [2.45, 2.75) is 39.2 Å². The van der Waals surface area contributed by atoms with Crippen molar-refractivity contribution in [3.63, 3.8) is 0 Å². The van der Waals surface area contributed by atoms with Gasteiger partial charge in [-0.2, -0.15) is 0 Å². The van der Waals surface area contributed by atoms with Crippen molar-refractivity contribution in [2.75, 3.05) is 26.2 Å². The lowest BCUT2D eigenvalue weighted by Crippen LogP contribution is -2.42. The van der Waals surface area contributed by atoms with Crippen LogP contribution in [0.1, 0.15) is 33.1 Å². The topological polar surface area (TPSA) is 52.6 Å². The molecule has 0 aromatic heterocycles. The number of amides is 1. The average molecular weight is 228 g/mol. The molecule has 1 aliphatic heterocycles. The molecule has 94 valence electrons. The number of nitrogens with zero attached hydrogens (tertiary/aromatic N) is 1. The number of hydrogen-bond donors (Lipinski definition) is 2. The third-order valence-corrected chi connectivity index (χ3v) is 3.26. The summed E-state index contributed by atoms with van der Waals surface area (Å²) >= 11 is 0. The van der Waals surface area contributed by atoms with Crippen LogP contribution in [0.15, 0.2) is 0 Å². The molecule has 1 fully saturated rings. The predicted molar refractivity (Wildman–Crippen MR) is 64.1 cm³/mol. The number of aliphatic hydroxyl groups is 1. The zero-order chi connectivity index (χ0) is 12.0. The number of hydrogen-bond acceptors (Lipinski definition) is 3. The Morgan fingerprint density at radius 3 is 2.62 bits per heavy atom. The van der Waals surface area contributed by atoms with E-state index in [1.165, 1.54) is 0 Å². The first-order valence-corrected chi connectivity index (χ1v) is 6.29. The van der Waals surface area contributed by atoms with E-state index < -0.39 is 0 Å². The van der Waals surface area contributed by atoms with Gasteiger partial charge in [0.15, 0.2) is 0 Å². The van der Waals surface area contributed by atoms with Crippen LogP contribution >= 0.6 is 0 Å². The van der Waals surface area contributed by atoms with Crippen LogP contribution in [0.5, 0.6) is 0 Å². The van der Waals surface area contributed by atoms with E-state index in [0.29, 0.717) is 12.3 Å². The molecule has 1 unspecified atom stereocenters. The SMILES string of the molecule is CCNC(C)CC(=O)N1CCC(CO)CC1. The van der Waals surface area contributed by atoms with Gasteiger partial charge in [-0.3, -0.25) is 4.79 Å². The fourth-order valence-electron chi connectivity index (χ4n) is 2.18. The minimum absolute atomic E-state index is 0.241. The molecule has 0 aromatic rings. The van der Waals surface area contributed by atoms with Crippen LogP contribution in [0.4, 0.5) is 0 Å². The second-order valence-electron chi connectivity index (χ2n) is 4.67. The number of rotatable bonds is 5. The number of piperidine rings is 1. The van der Waals surface area contributed by atoms with Crippen LogP contribution in [0.25, 0.3) is 0 Å². The molecule has 4 nitrogen and oxygen atoms in total. The largest absolute Gasteiger partial charge is 0.396 e. The van der Waals surface area contributed by atoms with E-state index in [4.69, 9.17) is 5.11 Å². The van der Waals surface area contributed by atoms with Gasteiger partial charge in [0.05, 0.1) is 0 Å². The van der Waals surface area contributed by atoms with Crippen LogP contribution in [0, 0.1) is 5.92 Å². The molecule has 16 heavy (non-hydrogen) atoms. The molecule has 1 amide bonds. The van der Waals surface area contributed by atoms with E-state index in [1.807, 2.05) is 18.7 Å². The van der Waals surface area contributed by atoms with Crippen molar-refractivity contribution in [1.29, 1.82) is 0 Å². The lowest BCUT2D eigenvalue weighted by atomic mass is 9.97. The number of aliphatic hydroxyl groups excluding tert-OH is 1. The van der Waals surface area contributed by atoms with Crippen LogP contribution in [-0.2, 0) is 4.79 Å². The molecule has 1 aliphatic rings. The first kappa shape index (κ1) is 13.5. The van der Waals surface area contributed by atoms with Crippen LogP contribution < -0.4 is 5.32 Å². The lowest BCUT2D eigenvalue weighted by molar-refractivity contribution is -0.133. The zero-order valence-electron chi connectivity index (χ0n) is 10.4. The van der Waals surface area contributed by atoms with Crippen molar-refractivity contribution in [1.82, 2.24) is 10.2 Å². The second-order valence-corrected chi connectivity index (χ2v) is 4.67. The quantitative estimate of drug-likeness (QED) is 0.725. The predicted octanol–water partition coefficient (Wildman–Crippen LogP) is 0.605. The van der Waals surface area contributed by atoms with Gasteiger partial charge in [0.25, 0.3) is 0 Å². The molecule has 0 spiro atoms. The summed E-state index contributed by atoms with van der Waals surface area (Å²) in [6.45, 7) is 6.87. The number of nitrogens with one attached hydrogen (secondary N) is 1. The van der Waals surface area contributed by atoms with Crippen LogP contribution in [0.2, 0.25) is 0 Å². The Morgan fingerprint density at radius 2 is 2.12 bits per heavy atom. The van der Waals surface area contributed by atoms with Crippen molar-refractivity contribution in [3.8, 4) is 0 Å². The van der Waals surface area contributed by atoms with E-state index in [1.54, 1.807) is 0 Å². The van der Waals surface area contributed by atoms with Gasteiger partial charge < -0.3 is 15.3 Å². The van der Waals surface area contributed by atoms with Gasteiger partial charge >= 0.3 is 0 Å². The maximum Gasteiger partial charge on any atom is 0.224 e. The Kier molecular flexibility index (Phi) is 5.77. The summed E-state index contributed by atoms with van der Waals surface area (Å²) in [6, 6.07) is 0.257. The molecule has 0 aliphatic carbocycles. The van der Waals surface area contributed by atoms with Gasteiger partial charge in [-0.15, -0.1) is 0 Å². The third-order valence-electron chi connectivity index (χ3n) is 3.26. The average Bonchev–Trinajstić information content (AvgIpc) is 2.29. The van der Waals surface area contributed by atoms with Crippen LogP contribution in [0.3, 0.4) is 0 Å². The molecule has 0 aromatic carbocycles. The lowest BCUT2D eigenvalue weighted by Gasteiger charge is -2.31. The van der Waals surface area contributed by atoms with E-state index in [-0.39, 0.29) is 18.6 Å². The Morgan fingerprint density at radius 1 is 1.50 bits per heavy atom. The van der Waals surface area contributed by atoms with E-state index in [2.05, 4.69) is 5.32 Å². The van der Waals surface area contributed by atoms with E-state index in [0.717, 1.165) is 32.5 Å². The standard InChI is InChI=1S/C12H24N2O2/c1-3-13-10(2)8-12(16)14-6-4-11(9-15)5-7-14/h10-11,13,15H,3-9H2,1-2H3. The summed E-state index contributed by atoms with van der Waals surface area (Å²) < 4.78 is 0. The minimum atomic E-state index is 0.241. The Bertz CT molecular complexity index is 213. The third kappa shape index (κ3) is 4.10. The molecule has 0 radical (unpaired) electrons. The highest BCUT2D eigenvalue weighted by molar-refractivity contribution is 5.76. The van der Waals surface area contributed by atoms with Crippen molar-refractivity contribution >= 4 is 5.91 Å². The maximum absolute atomic E-state index is 11.9. The van der Waals surface area contributed by atoms with Gasteiger partial charge in [0.1, 0.15) is 0 Å². The molecule has 1 atom stereocenters. The Labute approximate surface area is 98.0 Å². The summed E-state index contributed by atoms with van der Waals surface area (Å²) in [5.74, 6) is 0.639. The monoisotopic (exact) mass is 228 g/mol. The second kappa shape index (κ2) is 6.86. The molecular formula is C12H24N2O2. The molecule has 1 saturated heterocycles. The van der Waals surface area contributed by atoms with Gasteiger partial charge in [0.2, 0.25) is 5.91 Å². The maximum atomic E-state index is 11.9. The molecule has 2 N–H and O–H groups in total. The minimum Gasteiger partial charge on any atom is -0.396 e. The summed E-state index contributed by atoms with van der Waals surface area (Å²) in [6.07, 6.45) is 2.47. The molecule has 4 heteroatoms. The number of likely N-dealkylation sites (tertiary alicyclic amines) is 1. The van der Waals surface area contributed by atoms with E-state index in [9.17, 15) is 4.79 Å². The number of carbonyl (C=O) groups is 1. The van der Waals surface area contributed by atoms with Gasteiger partial charge in [-0.1, -0.05) is 6.92 Å². The van der Waals surface area contributed by atoms with E-state index >= 15 is 0 Å². The first-order valence-electron chi connectivity index (χ1n) is 6.29. The summed E-state index contributed by atoms with van der Waals surface area (Å²) in [5.41, 5.74) is 0. The first-order chi connectivity index (χ1) is 7.67. The molecule has 1 rings (SSSR count). The normalized spacial score (nSPS) is 19.8. The van der Waals surface area contributed by atoms with Crippen molar-refractivity contribution in [3.05, 3.63) is 0 Å². The fraction of sp³-hybridized carbons (Fsp3) is 0.917.